The fourth-order valence-corrected chi connectivity index (χ4v) is 2.13. The Labute approximate surface area is 86.1 Å². The predicted octanol–water partition coefficient (Wildman–Crippen LogP) is 2.34. The molecule has 0 aliphatic carbocycles. The lowest BCUT2D eigenvalue weighted by Crippen LogP contribution is -2.16. The van der Waals surface area contributed by atoms with Crippen LogP contribution < -0.4 is 5.32 Å². The molecule has 1 aromatic carbocycles. The molecular weight excluding hydrogens is 230 g/mol. The molecule has 0 unspecified atom stereocenters. The average Bonchev–Trinajstić information content (AvgIpc) is 2.46. The van der Waals surface area contributed by atoms with Crippen LogP contribution in [0.1, 0.15) is 18.4 Å². The molecular formula is C10H12BrNO. The zero-order valence-corrected chi connectivity index (χ0v) is 9.01. The quantitative estimate of drug-likeness (QED) is 0.792. The molecule has 0 saturated carbocycles. The minimum atomic E-state index is -0.282. The van der Waals surface area contributed by atoms with Crippen molar-refractivity contribution >= 4 is 21.6 Å². The second-order valence-electron chi connectivity index (χ2n) is 3.46. The molecule has 0 amide bonds. The van der Waals surface area contributed by atoms with Gasteiger partial charge in [-0.15, -0.1) is 0 Å². The van der Waals surface area contributed by atoms with Gasteiger partial charge >= 0.3 is 0 Å². The first-order valence-electron chi connectivity index (χ1n) is 4.40. The van der Waals surface area contributed by atoms with E-state index >= 15 is 0 Å². The fourth-order valence-electron chi connectivity index (χ4n) is 1.77. The Kier molecular flexibility index (Phi) is 2.30. The maximum absolute atomic E-state index is 9.52. The van der Waals surface area contributed by atoms with Gasteiger partial charge in [0.15, 0.2) is 0 Å². The first-order valence-corrected chi connectivity index (χ1v) is 5.19. The number of halogens is 1. The fraction of sp³-hybridized carbons (Fsp3) is 0.400. The van der Waals surface area contributed by atoms with Crippen molar-refractivity contribution in [1.82, 2.24) is 0 Å². The Balaban J connectivity index is 2.38. The lowest BCUT2D eigenvalue weighted by Gasteiger charge is -2.12. The van der Waals surface area contributed by atoms with E-state index in [1.165, 1.54) is 5.56 Å². The third-order valence-electron chi connectivity index (χ3n) is 2.51. The third kappa shape index (κ3) is 1.58. The van der Waals surface area contributed by atoms with Crippen LogP contribution in [0.25, 0.3) is 0 Å². The van der Waals surface area contributed by atoms with Crippen LogP contribution in [0.2, 0.25) is 0 Å². The monoisotopic (exact) mass is 241 g/mol. The van der Waals surface area contributed by atoms with Gasteiger partial charge in [-0.2, -0.15) is 0 Å². The van der Waals surface area contributed by atoms with Crippen LogP contribution in [0, 0.1) is 0 Å². The normalized spacial score (nSPS) is 22.2. The Morgan fingerprint density at radius 2 is 2.38 bits per heavy atom. The number of aliphatic hydroxyl groups is 1. The van der Waals surface area contributed by atoms with Crippen molar-refractivity contribution in [2.45, 2.75) is 18.9 Å². The van der Waals surface area contributed by atoms with Crippen LogP contribution in [0.15, 0.2) is 22.7 Å². The summed E-state index contributed by atoms with van der Waals surface area (Å²) in [4.78, 5) is 0. The molecule has 1 aromatic rings. The largest absolute Gasteiger partial charge is 0.393 e. The van der Waals surface area contributed by atoms with E-state index in [0.29, 0.717) is 0 Å². The molecule has 2 nitrogen and oxygen atoms in total. The van der Waals surface area contributed by atoms with Crippen molar-refractivity contribution in [2.24, 2.45) is 0 Å². The summed E-state index contributed by atoms with van der Waals surface area (Å²) < 4.78 is 1.07. The van der Waals surface area contributed by atoms with Crippen molar-refractivity contribution in [2.75, 3.05) is 11.9 Å². The Hall–Kier alpha value is -0.540. The molecule has 0 saturated heterocycles. The first-order chi connectivity index (χ1) is 6.18. The maximum Gasteiger partial charge on any atom is 0.0598 e. The highest BCUT2D eigenvalue weighted by Gasteiger charge is 2.25. The summed E-state index contributed by atoms with van der Waals surface area (Å²) in [6.45, 7) is 2.67. The van der Waals surface area contributed by atoms with E-state index in [4.69, 9.17) is 0 Å². The van der Waals surface area contributed by atoms with Crippen LogP contribution in [0.3, 0.4) is 0 Å². The summed E-state index contributed by atoms with van der Waals surface area (Å²) in [5.41, 5.74) is 2.36. The second kappa shape index (κ2) is 3.31. The van der Waals surface area contributed by atoms with Gasteiger partial charge in [0.25, 0.3) is 0 Å². The van der Waals surface area contributed by atoms with E-state index in [0.717, 1.165) is 16.7 Å². The average molecular weight is 242 g/mol. The smallest absolute Gasteiger partial charge is 0.0598 e. The minimum Gasteiger partial charge on any atom is -0.393 e. The number of benzene rings is 1. The molecule has 2 atom stereocenters. The standard InChI is InChI=1S/C10H12BrNO/c1-6(13)9-5-12-10-4-7(11)2-3-8(9)10/h2-4,6,9,12-13H,5H2,1H3/t6-,9-/m1/s1. The Morgan fingerprint density at radius 1 is 1.62 bits per heavy atom. The molecule has 0 fully saturated rings. The number of nitrogens with one attached hydrogen (secondary N) is 1. The number of anilines is 1. The van der Waals surface area contributed by atoms with Gasteiger partial charge in [0.1, 0.15) is 0 Å². The van der Waals surface area contributed by atoms with Crippen LogP contribution in [0.5, 0.6) is 0 Å². The van der Waals surface area contributed by atoms with Crippen molar-refractivity contribution in [3.8, 4) is 0 Å². The second-order valence-corrected chi connectivity index (χ2v) is 4.38. The molecule has 3 heteroatoms. The van der Waals surface area contributed by atoms with Crippen molar-refractivity contribution in [1.29, 1.82) is 0 Å². The zero-order valence-electron chi connectivity index (χ0n) is 7.42. The summed E-state index contributed by atoms with van der Waals surface area (Å²) in [6.07, 6.45) is -0.282. The van der Waals surface area contributed by atoms with Gasteiger partial charge in [0, 0.05) is 22.6 Å². The highest BCUT2D eigenvalue weighted by Crippen LogP contribution is 2.35. The van der Waals surface area contributed by atoms with Crippen LogP contribution in [0.4, 0.5) is 5.69 Å². The summed E-state index contributed by atoms with van der Waals surface area (Å²) in [5.74, 6) is 0.239. The number of fused-ring (bicyclic) bond motifs is 1. The third-order valence-corrected chi connectivity index (χ3v) is 3.00. The first kappa shape index (κ1) is 9.03. The lowest BCUT2D eigenvalue weighted by atomic mass is 9.97. The topological polar surface area (TPSA) is 32.3 Å². The molecule has 1 aliphatic rings. The summed E-state index contributed by atoms with van der Waals surface area (Å²) >= 11 is 3.42. The molecule has 13 heavy (non-hydrogen) atoms. The summed E-state index contributed by atoms with van der Waals surface area (Å²) in [7, 11) is 0. The SMILES string of the molecule is C[C@@H](O)[C@H]1CNc2cc(Br)ccc21. The van der Waals surface area contributed by atoms with E-state index in [9.17, 15) is 5.11 Å². The van der Waals surface area contributed by atoms with E-state index in [1.807, 2.05) is 13.0 Å². The molecule has 0 spiro atoms. The Morgan fingerprint density at radius 3 is 3.08 bits per heavy atom. The Bertz CT molecular complexity index is 325. The number of aliphatic hydroxyl groups excluding tert-OH is 1. The van der Waals surface area contributed by atoms with E-state index in [1.54, 1.807) is 0 Å². The molecule has 70 valence electrons. The minimum absolute atomic E-state index is 0.239. The number of hydrogen-bond donors (Lipinski definition) is 2. The molecule has 1 aliphatic heterocycles. The van der Waals surface area contributed by atoms with Gasteiger partial charge in [-0.1, -0.05) is 22.0 Å². The van der Waals surface area contributed by atoms with Crippen molar-refractivity contribution in [3.05, 3.63) is 28.2 Å². The van der Waals surface area contributed by atoms with Crippen LogP contribution in [-0.2, 0) is 0 Å². The number of hydrogen-bond acceptors (Lipinski definition) is 2. The highest BCUT2D eigenvalue weighted by molar-refractivity contribution is 9.10. The van der Waals surface area contributed by atoms with Gasteiger partial charge in [-0.3, -0.25) is 0 Å². The molecule has 0 radical (unpaired) electrons. The van der Waals surface area contributed by atoms with E-state index in [-0.39, 0.29) is 12.0 Å². The van der Waals surface area contributed by atoms with Gasteiger partial charge < -0.3 is 10.4 Å². The molecule has 2 N–H and O–H groups in total. The predicted molar refractivity (Wildman–Crippen MR) is 57.1 cm³/mol. The lowest BCUT2D eigenvalue weighted by molar-refractivity contribution is 0.169. The highest BCUT2D eigenvalue weighted by atomic mass is 79.9. The van der Waals surface area contributed by atoms with Gasteiger partial charge in [0.05, 0.1) is 6.10 Å². The van der Waals surface area contributed by atoms with E-state index < -0.39 is 0 Å². The maximum atomic E-state index is 9.52. The van der Waals surface area contributed by atoms with Gasteiger partial charge in [-0.05, 0) is 24.6 Å². The number of rotatable bonds is 1. The molecule has 0 bridgehead atoms. The van der Waals surface area contributed by atoms with Gasteiger partial charge in [0.2, 0.25) is 0 Å². The molecule has 0 aromatic heterocycles. The van der Waals surface area contributed by atoms with Crippen molar-refractivity contribution < 1.29 is 5.11 Å². The zero-order chi connectivity index (χ0) is 9.42. The van der Waals surface area contributed by atoms with Crippen LogP contribution >= 0.6 is 15.9 Å². The van der Waals surface area contributed by atoms with Crippen LogP contribution in [-0.4, -0.2) is 17.8 Å². The summed E-state index contributed by atoms with van der Waals surface area (Å²) in [6, 6.07) is 6.13. The van der Waals surface area contributed by atoms with E-state index in [2.05, 4.69) is 33.4 Å². The molecule has 1 heterocycles. The van der Waals surface area contributed by atoms with Gasteiger partial charge in [-0.25, -0.2) is 0 Å². The summed E-state index contributed by atoms with van der Waals surface area (Å²) in [5, 5.41) is 12.8. The molecule has 2 rings (SSSR count). The van der Waals surface area contributed by atoms with Crippen molar-refractivity contribution in [3.63, 3.8) is 0 Å².